The average Bonchev–Trinajstić information content (AvgIpc) is 3.15. The van der Waals surface area contributed by atoms with Crippen LogP contribution in [0.3, 0.4) is 0 Å². The molecule has 6 nitrogen and oxygen atoms in total. The van der Waals surface area contributed by atoms with Crippen LogP contribution < -0.4 is 21.3 Å². The molecule has 3 rings (SSSR count). The molecule has 0 aromatic heterocycles. The summed E-state index contributed by atoms with van der Waals surface area (Å²) in [4.78, 5) is 25.4. The van der Waals surface area contributed by atoms with E-state index in [1.165, 1.54) is 18.5 Å². The number of carbonyl (C=O) groups is 2. The molecule has 2 aromatic rings. The van der Waals surface area contributed by atoms with Crippen LogP contribution in [0, 0.1) is 0 Å². The highest BCUT2D eigenvalue weighted by Crippen LogP contribution is 2.22. The van der Waals surface area contributed by atoms with E-state index in [-0.39, 0.29) is 12.5 Å². The third kappa shape index (κ3) is 4.50. The fourth-order valence-corrected chi connectivity index (χ4v) is 2.87. The fourth-order valence-electron chi connectivity index (χ4n) is 2.87. The van der Waals surface area contributed by atoms with E-state index in [4.69, 9.17) is 5.73 Å². The zero-order chi connectivity index (χ0) is 17.6. The second-order valence-corrected chi connectivity index (χ2v) is 6.08. The third-order valence-corrected chi connectivity index (χ3v) is 4.24. The van der Waals surface area contributed by atoms with E-state index in [2.05, 4.69) is 15.5 Å². The van der Waals surface area contributed by atoms with E-state index < -0.39 is 5.91 Å². The summed E-state index contributed by atoms with van der Waals surface area (Å²) in [5.41, 5.74) is 8.36. The van der Waals surface area contributed by atoms with Crippen LogP contribution in [0.25, 0.3) is 0 Å². The number of anilines is 3. The molecular weight excluding hydrogens is 316 g/mol. The largest absolute Gasteiger partial charge is 0.376 e. The Kier molecular flexibility index (Phi) is 5.18. The summed E-state index contributed by atoms with van der Waals surface area (Å²) in [6.45, 7) is 2.35. The Morgan fingerprint density at radius 3 is 2.12 bits per heavy atom. The zero-order valence-electron chi connectivity index (χ0n) is 14.0. The van der Waals surface area contributed by atoms with Crippen molar-refractivity contribution in [2.75, 3.05) is 35.2 Å². The summed E-state index contributed by atoms with van der Waals surface area (Å²) in [5.74, 6) is -0.602. The van der Waals surface area contributed by atoms with Crippen LogP contribution in [-0.4, -0.2) is 31.4 Å². The molecule has 0 atom stereocenters. The van der Waals surface area contributed by atoms with Gasteiger partial charge in [-0.1, -0.05) is 0 Å². The number of rotatable bonds is 6. The molecule has 0 unspecified atom stereocenters. The van der Waals surface area contributed by atoms with Crippen LogP contribution in [0.5, 0.6) is 0 Å². The minimum Gasteiger partial charge on any atom is -0.376 e. The number of primary amides is 1. The molecule has 1 aliphatic heterocycles. The molecule has 1 heterocycles. The van der Waals surface area contributed by atoms with Gasteiger partial charge >= 0.3 is 0 Å². The highest BCUT2D eigenvalue weighted by molar-refractivity contribution is 5.94. The lowest BCUT2D eigenvalue weighted by molar-refractivity contribution is -0.114. The topological polar surface area (TPSA) is 87.5 Å². The summed E-state index contributed by atoms with van der Waals surface area (Å²) >= 11 is 0. The van der Waals surface area contributed by atoms with Crippen molar-refractivity contribution in [2.45, 2.75) is 12.8 Å². The van der Waals surface area contributed by atoms with Crippen molar-refractivity contribution in [1.29, 1.82) is 0 Å². The summed E-state index contributed by atoms with van der Waals surface area (Å²) in [6, 6.07) is 14.6. The van der Waals surface area contributed by atoms with Crippen LogP contribution >= 0.6 is 0 Å². The number of benzene rings is 2. The highest BCUT2D eigenvalue weighted by Gasteiger charge is 2.12. The average molecular weight is 338 g/mol. The Labute approximate surface area is 147 Å². The van der Waals surface area contributed by atoms with Gasteiger partial charge in [-0.05, 0) is 61.4 Å². The predicted molar refractivity (Wildman–Crippen MR) is 100.0 cm³/mol. The van der Waals surface area contributed by atoms with E-state index in [0.717, 1.165) is 24.5 Å². The number of carbonyl (C=O) groups excluding carboxylic acids is 2. The maximum atomic E-state index is 12.0. The standard InChI is InChI=1S/C19H22N4O2/c20-19(25)14-3-5-15(6-4-14)21-13-18(24)22-16-7-9-17(10-8-16)23-11-1-2-12-23/h3-10,21H,1-2,11-13H2,(H2,20,25)(H,22,24). The molecular formula is C19H22N4O2. The molecule has 1 aliphatic rings. The number of hydrogen-bond acceptors (Lipinski definition) is 4. The van der Waals surface area contributed by atoms with Crippen molar-refractivity contribution in [3.05, 3.63) is 54.1 Å². The van der Waals surface area contributed by atoms with E-state index in [1.807, 2.05) is 24.3 Å². The van der Waals surface area contributed by atoms with Crippen LogP contribution in [0.1, 0.15) is 23.2 Å². The maximum Gasteiger partial charge on any atom is 0.248 e. The monoisotopic (exact) mass is 338 g/mol. The molecule has 6 heteroatoms. The van der Waals surface area contributed by atoms with Crippen molar-refractivity contribution in [2.24, 2.45) is 5.73 Å². The maximum absolute atomic E-state index is 12.0. The lowest BCUT2D eigenvalue weighted by Crippen LogP contribution is -2.22. The second-order valence-electron chi connectivity index (χ2n) is 6.08. The normalized spacial score (nSPS) is 13.5. The first-order valence-corrected chi connectivity index (χ1v) is 8.40. The molecule has 130 valence electrons. The van der Waals surface area contributed by atoms with E-state index in [1.54, 1.807) is 24.3 Å². The van der Waals surface area contributed by atoms with Crippen LogP contribution in [-0.2, 0) is 4.79 Å². The summed E-state index contributed by atoms with van der Waals surface area (Å²) in [5, 5.41) is 5.88. The SMILES string of the molecule is NC(=O)c1ccc(NCC(=O)Nc2ccc(N3CCCC3)cc2)cc1. The second kappa shape index (κ2) is 7.70. The predicted octanol–water partition coefficient (Wildman–Crippen LogP) is 2.44. The number of hydrogen-bond donors (Lipinski definition) is 3. The molecule has 0 spiro atoms. The Bertz CT molecular complexity index is 735. The Morgan fingerprint density at radius 2 is 1.52 bits per heavy atom. The van der Waals surface area contributed by atoms with E-state index >= 15 is 0 Å². The number of nitrogens with two attached hydrogens (primary N) is 1. The van der Waals surface area contributed by atoms with Gasteiger partial charge in [0.15, 0.2) is 0 Å². The smallest absolute Gasteiger partial charge is 0.248 e. The quantitative estimate of drug-likeness (QED) is 0.755. The Hall–Kier alpha value is -3.02. The van der Waals surface area contributed by atoms with Crippen molar-refractivity contribution < 1.29 is 9.59 Å². The van der Waals surface area contributed by atoms with E-state index in [9.17, 15) is 9.59 Å². The van der Waals surface area contributed by atoms with Crippen LogP contribution in [0.2, 0.25) is 0 Å². The lowest BCUT2D eigenvalue weighted by Gasteiger charge is -2.17. The van der Waals surface area contributed by atoms with Crippen molar-refractivity contribution >= 4 is 28.9 Å². The first kappa shape index (κ1) is 16.8. The first-order chi connectivity index (χ1) is 12.1. The molecule has 2 amide bonds. The Balaban J connectivity index is 1.49. The van der Waals surface area contributed by atoms with Gasteiger partial charge < -0.3 is 21.3 Å². The molecule has 0 aliphatic carbocycles. The van der Waals surface area contributed by atoms with Gasteiger partial charge in [-0.25, -0.2) is 0 Å². The van der Waals surface area contributed by atoms with Crippen molar-refractivity contribution in [3.8, 4) is 0 Å². The van der Waals surface area contributed by atoms with Gasteiger partial charge in [0.05, 0.1) is 6.54 Å². The highest BCUT2D eigenvalue weighted by atomic mass is 16.2. The molecule has 4 N–H and O–H groups in total. The Morgan fingerprint density at radius 1 is 0.920 bits per heavy atom. The minimum absolute atomic E-state index is 0.132. The molecule has 25 heavy (non-hydrogen) atoms. The van der Waals surface area contributed by atoms with Gasteiger partial charge in [-0.15, -0.1) is 0 Å². The first-order valence-electron chi connectivity index (χ1n) is 8.40. The number of nitrogens with one attached hydrogen (secondary N) is 2. The molecule has 2 aromatic carbocycles. The van der Waals surface area contributed by atoms with Gasteiger partial charge in [-0.2, -0.15) is 0 Å². The zero-order valence-corrected chi connectivity index (χ0v) is 14.0. The van der Waals surface area contributed by atoms with Crippen LogP contribution in [0.15, 0.2) is 48.5 Å². The van der Waals surface area contributed by atoms with Gasteiger partial charge in [0.25, 0.3) is 0 Å². The van der Waals surface area contributed by atoms with Gasteiger partial charge in [0.1, 0.15) is 0 Å². The van der Waals surface area contributed by atoms with Crippen molar-refractivity contribution in [3.63, 3.8) is 0 Å². The van der Waals surface area contributed by atoms with Gasteiger partial charge in [0, 0.05) is 35.7 Å². The molecule has 0 radical (unpaired) electrons. The molecule has 0 bridgehead atoms. The molecule has 0 saturated carbocycles. The minimum atomic E-state index is -0.471. The number of amides is 2. The molecule has 1 saturated heterocycles. The summed E-state index contributed by atoms with van der Waals surface area (Å²) in [6.07, 6.45) is 2.48. The summed E-state index contributed by atoms with van der Waals surface area (Å²) < 4.78 is 0. The van der Waals surface area contributed by atoms with Crippen LogP contribution in [0.4, 0.5) is 17.1 Å². The van der Waals surface area contributed by atoms with Crippen molar-refractivity contribution in [1.82, 2.24) is 0 Å². The summed E-state index contributed by atoms with van der Waals surface area (Å²) in [7, 11) is 0. The van der Waals surface area contributed by atoms with Gasteiger partial charge in [-0.3, -0.25) is 9.59 Å². The third-order valence-electron chi connectivity index (χ3n) is 4.24. The van der Waals surface area contributed by atoms with Gasteiger partial charge in [0.2, 0.25) is 11.8 Å². The number of nitrogens with zero attached hydrogens (tertiary/aromatic N) is 1. The molecule has 1 fully saturated rings. The lowest BCUT2D eigenvalue weighted by atomic mass is 10.2. The van der Waals surface area contributed by atoms with E-state index in [0.29, 0.717) is 5.56 Å². The fraction of sp³-hybridized carbons (Fsp3) is 0.263.